The summed E-state index contributed by atoms with van der Waals surface area (Å²) in [4.78, 5) is 43.9. The fraction of sp³-hybridized carbons (Fsp3) is 0.348. The maximum Gasteiger partial charge on any atom is 0.573 e. The van der Waals surface area contributed by atoms with Crippen LogP contribution in [0.3, 0.4) is 0 Å². The van der Waals surface area contributed by atoms with Gasteiger partial charge in [-0.05, 0) is 32.9 Å². The van der Waals surface area contributed by atoms with Crippen molar-refractivity contribution < 1.29 is 22.7 Å². The lowest BCUT2D eigenvalue weighted by molar-refractivity contribution is -0.274. The van der Waals surface area contributed by atoms with Gasteiger partial charge in [-0.3, -0.25) is 9.69 Å². The summed E-state index contributed by atoms with van der Waals surface area (Å²) in [6.07, 6.45) is -4.97. The van der Waals surface area contributed by atoms with E-state index in [4.69, 9.17) is 11.6 Å². The second-order valence-electron chi connectivity index (χ2n) is 8.74. The third kappa shape index (κ3) is 5.45. The Morgan fingerprint density at radius 2 is 1.97 bits per heavy atom. The van der Waals surface area contributed by atoms with E-state index in [0.717, 1.165) is 11.6 Å². The molecule has 4 rings (SSSR count). The number of H-pyrrole nitrogens is 1. The third-order valence-corrected chi connectivity index (χ3v) is 5.98. The van der Waals surface area contributed by atoms with E-state index in [1.807, 2.05) is 6.92 Å². The van der Waals surface area contributed by atoms with E-state index >= 15 is 0 Å². The molecule has 1 fully saturated rings. The zero-order valence-electron chi connectivity index (χ0n) is 20.3. The van der Waals surface area contributed by atoms with Crippen LogP contribution in [0.25, 0.3) is 10.9 Å². The summed E-state index contributed by atoms with van der Waals surface area (Å²) in [5, 5.41) is 3.24. The van der Waals surface area contributed by atoms with Gasteiger partial charge in [0.15, 0.2) is 5.75 Å². The second kappa shape index (κ2) is 9.54. The van der Waals surface area contributed by atoms with Gasteiger partial charge in [0.1, 0.15) is 5.82 Å². The number of amides is 2. The second-order valence-corrected chi connectivity index (χ2v) is 9.17. The van der Waals surface area contributed by atoms with Gasteiger partial charge in [0.25, 0.3) is 5.56 Å². The Morgan fingerprint density at radius 3 is 2.62 bits per heavy atom. The Balaban J connectivity index is 1.68. The molecule has 1 aliphatic rings. The van der Waals surface area contributed by atoms with Gasteiger partial charge in [0.05, 0.1) is 17.6 Å². The highest BCUT2D eigenvalue weighted by molar-refractivity contribution is 6.31. The summed E-state index contributed by atoms with van der Waals surface area (Å²) in [7, 11) is 1.66. The number of aryl methyl sites for hydroxylation is 1. The smallest absolute Gasteiger partial charge is 0.403 e. The fourth-order valence-electron chi connectivity index (χ4n) is 4.04. The first-order valence-electron chi connectivity index (χ1n) is 11.0. The molecule has 37 heavy (non-hydrogen) atoms. The van der Waals surface area contributed by atoms with Gasteiger partial charge in [0, 0.05) is 35.6 Å². The highest BCUT2D eigenvalue weighted by Crippen LogP contribution is 2.33. The van der Waals surface area contributed by atoms with E-state index in [1.165, 1.54) is 21.9 Å². The SMILES string of the molecule is C=C(C)[C@H]1CN(C)C(=O)N1c1nc(C)nc(N[C@@H](C)c2cc3cc(Cl)cc(OC(F)(F)F)c3[nH]c2=O)n1. The lowest BCUT2D eigenvalue weighted by atomic mass is 10.1. The number of nitrogens with zero attached hydrogens (tertiary/aromatic N) is 5. The first-order valence-corrected chi connectivity index (χ1v) is 11.4. The minimum atomic E-state index is -4.97. The zero-order chi connectivity index (χ0) is 27.2. The van der Waals surface area contributed by atoms with Crippen LogP contribution >= 0.6 is 11.6 Å². The van der Waals surface area contributed by atoms with Gasteiger partial charge >= 0.3 is 12.4 Å². The van der Waals surface area contributed by atoms with Crippen LogP contribution in [0.4, 0.5) is 29.9 Å². The number of ether oxygens (including phenoxy) is 1. The lowest BCUT2D eigenvalue weighted by Crippen LogP contribution is -2.36. The maximum atomic E-state index is 12.8. The number of anilines is 2. The molecule has 2 N–H and O–H groups in total. The Hall–Kier alpha value is -3.87. The van der Waals surface area contributed by atoms with Crippen molar-refractivity contribution in [2.45, 2.75) is 39.2 Å². The van der Waals surface area contributed by atoms with E-state index in [9.17, 15) is 22.8 Å². The Morgan fingerprint density at radius 1 is 1.27 bits per heavy atom. The van der Waals surface area contributed by atoms with Gasteiger partial charge < -0.3 is 19.9 Å². The summed E-state index contributed by atoms with van der Waals surface area (Å²) in [6, 6.07) is 2.47. The van der Waals surface area contributed by atoms with Crippen molar-refractivity contribution in [3.63, 3.8) is 0 Å². The van der Waals surface area contributed by atoms with Crippen molar-refractivity contribution in [1.82, 2.24) is 24.8 Å². The van der Waals surface area contributed by atoms with Gasteiger partial charge in [0.2, 0.25) is 11.9 Å². The van der Waals surface area contributed by atoms with Crippen molar-refractivity contribution in [1.29, 1.82) is 0 Å². The molecule has 196 valence electrons. The normalized spacial score (nSPS) is 16.9. The summed E-state index contributed by atoms with van der Waals surface area (Å²) in [6.45, 7) is 9.47. The van der Waals surface area contributed by atoms with Crippen molar-refractivity contribution in [2.24, 2.45) is 0 Å². The largest absolute Gasteiger partial charge is 0.573 e. The van der Waals surface area contributed by atoms with E-state index in [1.54, 1.807) is 20.9 Å². The van der Waals surface area contributed by atoms with Gasteiger partial charge in [-0.25, -0.2) is 4.79 Å². The van der Waals surface area contributed by atoms with Crippen molar-refractivity contribution >= 4 is 40.4 Å². The van der Waals surface area contributed by atoms with Crippen LogP contribution in [0.2, 0.25) is 5.02 Å². The van der Waals surface area contributed by atoms with Crippen LogP contribution in [-0.4, -0.2) is 56.9 Å². The van der Waals surface area contributed by atoms with Crippen LogP contribution in [-0.2, 0) is 0 Å². The average molecular weight is 538 g/mol. The Bertz CT molecular complexity index is 1460. The van der Waals surface area contributed by atoms with E-state index in [2.05, 4.69) is 36.6 Å². The number of carbonyl (C=O) groups excluding carboxylic acids is 1. The number of rotatable bonds is 6. The number of alkyl halides is 3. The number of aromatic amines is 1. The molecule has 2 aromatic heterocycles. The van der Waals surface area contributed by atoms with Crippen LogP contribution < -0.4 is 20.5 Å². The predicted molar refractivity (Wildman–Crippen MR) is 132 cm³/mol. The molecular formula is C23H23ClF3N7O3. The van der Waals surface area contributed by atoms with Crippen molar-refractivity contribution in [2.75, 3.05) is 23.8 Å². The number of fused-ring (bicyclic) bond motifs is 1. The van der Waals surface area contributed by atoms with Crippen molar-refractivity contribution in [3.05, 3.63) is 57.1 Å². The number of aromatic nitrogens is 4. The molecule has 1 saturated heterocycles. The monoisotopic (exact) mass is 537 g/mol. The number of carbonyl (C=O) groups is 1. The van der Waals surface area contributed by atoms with Crippen LogP contribution in [0.1, 0.15) is 31.3 Å². The van der Waals surface area contributed by atoms with E-state index in [-0.39, 0.29) is 45.5 Å². The molecule has 0 spiro atoms. The number of nitrogens with one attached hydrogen (secondary N) is 2. The number of hydrogen-bond acceptors (Lipinski definition) is 7. The number of halogens is 4. The van der Waals surface area contributed by atoms with Crippen molar-refractivity contribution in [3.8, 4) is 5.75 Å². The van der Waals surface area contributed by atoms with Crippen LogP contribution in [0.15, 0.2) is 35.1 Å². The summed E-state index contributed by atoms with van der Waals surface area (Å²) in [5.41, 5.74) is 0.146. The summed E-state index contributed by atoms with van der Waals surface area (Å²) < 4.78 is 42.5. The topological polar surface area (TPSA) is 116 Å². The van der Waals surface area contributed by atoms with Crippen LogP contribution in [0.5, 0.6) is 5.75 Å². The minimum Gasteiger partial charge on any atom is -0.403 e. The van der Waals surface area contributed by atoms with E-state index < -0.39 is 23.7 Å². The first-order chi connectivity index (χ1) is 17.2. The van der Waals surface area contributed by atoms with E-state index in [0.29, 0.717) is 12.4 Å². The first kappa shape index (κ1) is 26.2. The molecule has 0 unspecified atom stereocenters. The number of benzene rings is 1. The van der Waals surface area contributed by atoms with Gasteiger partial charge in [-0.15, -0.1) is 13.2 Å². The molecule has 14 heteroatoms. The fourth-order valence-corrected chi connectivity index (χ4v) is 4.26. The average Bonchev–Trinajstić information content (AvgIpc) is 3.07. The quantitative estimate of drug-likeness (QED) is 0.443. The molecule has 1 aromatic carbocycles. The Kier molecular flexibility index (Phi) is 6.76. The summed E-state index contributed by atoms with van der Waals surface area (Å²) >= 11 is 5.98. The highest BCUT2D eigenvalue weighted by Gasteiger charge is 2.38. The molecule has 0 radical (unpaired) electrons. The molecule has 0 aliphatic carbocycles. The summed E-state index contributed by atoms with van der Waals surface area (Å²) in [5.74, 6) is -0.0674. The molecule has 2 amide bonds. The molecule has 3 aromatic rings. The van der Waals surface area contributed by atoms with Gasteiger partial charge in [-0.1, -0.05) is 23.8 Å². The number of urea groups is 1. The molecule has 3 heterocycles. The molecule has 2 atom stereocenters. The molecule has 0 bridgehead atoms. The number of likely N-dealkylation sites (N-methyl/N-ethyl adjacent to an activating group) is 1. The minimum absolute atomic E-state index is 0.00425. The number of hydrogen-bond donors (Lipinski definition) is 2. The predicted octanol–water partition coefficient (Wildman–Crippen LogP) is 4.56. The molecule has 0 saturated carbocycles. The zero-order valence-corrected chi connectivity index (χ0v) is 21.0. The maximum absolute atomic E-state index is 12.8. The molecule has 1 aliphatic heterocycles. The standard InChI is InChI=1S/C23H23ClF3N7O3/c1-10(2)16-9-33(5)22(36)34(16)21-30-12(4)29-20(32-21)28-11(3)15-7-13-6-14(24)8-17(37-23(25,26)27)18(13)31-19(15)35/h6-8,11,16H,1,9H2,2-5H3,(H,31,35)(H,28,29,30,32)/t11-,16+/m0/s1. The molecular weight excluding hydrogens is 515 g/mol. The Labute approximate surface area is 214 Å². The highest BCUT2D eigenvalue weighted by atomic mass is 35.5. The third-order valence-electron chi connectivity index (χ3n) is 5.76. The van der Waals surface area contributed by atoms with Crippen LogP contribution in [0, 0.1) is 6.92 Å². The number of pyridine rings is 1. The van der Waals surface area contributed by atoms with Gasteiger partial charge in [-0.2, -0.15) is 15.0 Å². The molecule has 10 nitrogen and oxygen atoms in total. The lowest BCUT2D eigenvalue weighted by Gasteiger charge is -2.22.